The van der Waals surface area contributed by atoms with Crippen molar-refractivity contribution in [3.8, 4) is 5.82 Å². The summed E-state index contributed by atoms with van der Waals surface area (Å²) in [6.45, 7) is 2.83. The smallest absolute Gasteiger partial charge is 0.267 e. The lowest BCUT2D eigenvalue weighted by Gasteiger charge is -2.13. The van der Waals surface area contributed by atoms with Crippen molar-refractivity contribution in [2.75, 3.05) is 11.5 Å². The first kappa shape index (κ1) is 22.9. The summed E-state index contributed by atoms with van der Waals surface area (Å²) in [5, 5.41) is 3.67. The van der Waals surface area contributed by atoms with Crippen LogP contribution in [-0.2, 0) is 25.7 Å². The molecule has 166 valence electrons. The van der Waals surface area contributed by atoms with Gasteiger partial charge in [-0.3, -0.25) is 4.79 Å². The minimum atomic E-state index is -4.68. The average molecular weight is 474 g/mol. The second-order valence-electron chi connectivity index (χ2n) is 6.52. The summed E-state index contributed by atoms with van der Waals surface area (Å²) in [7, 11) is -7.34. The highest BCUT2D eigenvalue weighted by Crippen LogP contribution is 2.30. The van der Waals surface area contributed by atoms with Crippen LogP contribution in [-0.4, -0.2) is 38.9 Å². The Labute approximate surface area is 175 Å². The number of fused-ring (bicyclic) bond motifs is 1. The van der Waals surface area contributed by atoms with Gasteiger partial charge in [-0.05, 0) is 18.2 Å². The highest BCUT2D eigenvalue weighted by molar-refractivity contribution is 7.92. The Morgan fingerprint density at radius 1 is 1.06 bits per heavy atom. The molecule has 0 aliphatic rings. The molecule has 13 heteroatoms. The fraction of sp³-hybridized carbons (Fsp3) is 0.278. The SMILES string of the molecule is CCS(=N)(=O)c1cnc(-n2ncc3ccc(C(F)(F)F)cc3c2=O)c(S(=O)(=O)CC)c1. The lowest BCUT2D eigenvalue weighted by Crippen LogP contribution is -2.25. The van der Waals surface area contributed by atoms with Gasteiger partial charge in [-0.15, -0.1) is 0 Å². The van der Waals surface area contributed by atoms with E-state index in [1.165, 1.54) is 13.8 Å². The summed E-state index contributed by atoms with van der Waals surface area (Å²) in [5.74, 6) is -0.924. The van der Waals surface area contributed by atoms with E-state index in [2.05, 4.69) is 10.1 Å². The monoisotopic (exact) mass is 474 g/mol. The molecule has 0 aliphatic heterocycles. The molecule has 0 amide bonds. The summed E-state index contributed by atoms with van der Waals surface area (Å²) >= 11 is 0. The van der Waals surface area contributed by atoms with Gasteiger partial charge in [-0.1, -0.05) is 19.9 Å². The van der Waals surface area contributed by atoms with E-state index >= 15 is 0 Å². The van der Waals surface area contributed by atoms with Crippen LogP contribution < -0.4 is 5.56 Å². The van der Waals surface area contributed by atoms with Crippen LogP contribution in [0.3, 0.4) is 0 Å². The second kappa shape index (κ2) is 7.71. The molecule has 3 rings (SSSR count). The van der Waals surface area contributed by atoms with Crippen LogP contribution >= 0.6 is 0 Å². The van der Waals surface area contributed by atoms with Gasteiger partial charge in [-0.2, -0.15) is 23.0 Å². The van der Waals surface area contributed by atoms with E-state index in [9.17, 15) is 30.6 Å². The van der Waals surface area contributed by atoms with Crippen LogP contribution in [0.1, 0.15) is 19.4 Å². The minimum absolute atomic E-state index is 0.0893. The van der Waals surface area contributed by atoms with E-state index in [0.717, 1.165) is 30.6 Å². The number of alkyl halides is 3. The molecular formula is C18H17F3N4O4S2. The van der Waals surface area contributed by atoms with Crippen molar-refractivity contribution in [1.82, 2.24) is 14.8 Å². The second-order valence-corrected chi connectivity index (χ2v) is 11.2. The molecule has 0 spiro atoms. The van der Waals surface area contributed by atoms with Crippen molar-refractivity contribution in [3.05, 3.63) is 52.6 Å². The van der Waals surface area contributed by atoms with Gasteiger partial charge in [-0.25, -0.2) is 22.4 Å². The Bertz CT molecular complexity index is 1450. The fourth-order valence-electron chi connectivity index (χ4n) is 2.78. The molecule has 2 heterocycles. The number of hydrogen-bond acceptors (Lipinski definition) is 7. The van der Waals surface area contributed by atoms with Gasteiger partial charge in [0.15, 0.2) is 15.7 Å². The minimum Gasteiger partial charge on any atom is -0.267 e. The average Bonchev–Trinajstić information content (AvgIpc) is 2.72. The Hall–Kier alpha value is -2.80. The molecule has 1 unspecified atom stereocenters. The number of hydrogen-bond donors (Lipinski definition) is 1. The molecular weight excluding hydrogens is 457 g/mol. The molecule has 2 aromatic heterocycles. The van der Waals surface area contributed by atoms with Crippen molar-refractivity contribution in [2.45, 2.75) is 29.8 Å². The molecule has 0 saturated heterocycles. The van der Waals surface area contributed by atoms with Gasteiger partial charge < -0.3 is 0 Å². The molecule has 0 saturated carbocycles. The molecule has 0 radical (unpaired) electrons. The summed E-state index contributed by atoms with van der Waals surface area (Å²) in [4.78, 5) is 16.2. The summed E-state index contributed by atoms with van der Waals surface area (Å²) in [6, 6.07) is 3.56. The molecule has 31 heavy (non-hydrogen) atoms. The Morgan fingerprint density at radius 3 is 2.32 bits per heavy atom. The van der Waals surface area contributed by atoms with Gasteiger partial charge in [0.25, 0.3) is 5.56 Å². The van der Waals surface area contributed by atoms with E-state index in [1.807, 2.05) is 0 Å². The van der Waals surface area contributed by atoms with Crippen molar-refractivity contribution in [3.63, 3.8) is 0 Å². The Morgan fingerprint density at radius 2 is 1.74 bits per heavy atom. The first-order valence-electron chi connectivity index (χ1n) is 8.90. The number of benzene rings is 1. The highest BCUT2D eigenvalue weighted by Gasteiger charge is 2.31. The lowest BCUT2D eigenvalue weighted by atomic mass is 10.1. The van der Waals surface area contributed by atoms with Crippen molar-refractivity contribution < 1.29 is 25.8 Å². The first-order valence-corrected chi connectivity index (χ1v) is 12.3. The third kappa shape index (κ3) is 4.19. The van der Waals surface area contributed by atoms with Crippen molar-refractivity contribution in [2.24, 2.45) is 0 Å². The zero-order chi connectivity index (χ0) is 23.2. The maximum absolute atomic E-state index is 13.1. The summed E-state index contributed by atoms with van der Waals surface area (Å²) < 4.78 is 85.3. The van der Waals surface area contributed by atoms with Crippen LogP contribution in [0.25, 0.3) is 16.6 Å². The molecule has 1 atom stereocenters. The van der Waals surface area contributed by atoms with Crippen molar-refractivity contribution in [1.29, 1.82) is 4.78 Å². The summed E-state index contributed by atoms with van der Waals surface area (Å²) in [5.41, 5.74) is -2.05. The molecule has 1 N–H and O–H groups in total. The summed E-state index contributed by atoms with van der Waals surface area (Å²) in [6.07, 6.45) is -2.55. The largest absolute Gasteiger partial charge is 0.416 e. The van der Waals surface area contributed by atoms with Crippen LogP contribution in [0.15, 0.2) is 51.2 Å². The number of aromatic nitrogens is 3. The van der Waals surface area contributed by atoms with Gasteiger partial charge in [0, 0.05) is 17.3 Å². The molecule has 8 nitrogen and oxygen atoms in total. The van der Waals surface area contributed by atoms with Crippen LogP contribution in [0.5, 0.6) is 0 Å². The van der Waals surface area contributed by atoms with Crippen molar-refractivity contribution >= 4 is 30.3 Å². The maximum Gasteiger partial charge on any atom is 0.416 e. The predicted molar refractivity (Wildman–Crippen MR) is 108 cm³/mol. The van der Waals surface area contributed by atoms with Crippen LogP contribution in [0.2, 0.25) is 0 Å². The zero-order valence-corrected chi connectivity index (χ0v) is 17.9. The Kier molecular flexibility index (Phi) is 5.69. The van der Waals surface area contributed by atoms with Gasteiger partial charge in [0.2, 0.25) is 0 Å². The van der Waals surface area contributed by atoms with Crippen LogP contribution in [0, 0.1) is 4.78 Å². The van der Waals surface area contributed by atoms with Gasteiger partial charge >= 0.3 is 6.18 Å². The van der Waals surface area contributed by atoms with E-state index in [-0.39, 0.29) is 21.4 Å². The number of nitrogens with zero attached hydrogens (tertiary/aromatic N) is 3. The number of rotatable bonds is 5. The molecule has 0 bridgehead atoms. The third-order valence-corrected chi connectivity index (χ3v) is 8.15. The maximum atomic E-state index is 13.1. The van der Waals surface area contributed by atoms with Gasteiger partial charge in [0.05, 0.1) is 37.5 Å². The van der Waals surface area contributed by atoms with Crippen LogP contribution in [0.4, 0.5) is 13.2 Å². The standard InChI is InChI=1S/C18H17F3N4O4S2/c1-3-30(22,27)13-8-15(31(28,29)4-2)16(23-10-13)25-17(26)14-7-12(18(19,20)21)6-5-11(14)9-24-25/h5-10,22H,3-4H2,1-2H3. The fourth-order valence-corrected chi connectivity index (χ4v) is 4.75. The lowest BCUT2D eigenvalue weighted by molar-refractivity contribution is -0.137. The Balaban J connectivity index is 2.36. The number of sulfone groups is 1. The number of halogens is 3. The third-order valence-electron chi connectivity index (χ3n) is 4.63. The molecule has 3 aromatic rings. The predicted octanol–water partition coefficient (Wildman–Crippen LogP) is 3.02. The quantitative estimate of drug-likeness (QED) is 0.606. The number of nitrogens with one attached hydrogen (secondary N) is 1. The van der Waals surface area contributed by atoms with E-state index in [1.54, 1.807) is 0 Å². The first-order chi connectivity index (χ1) is 14.3. The van der Waals surface area contributed by atoms with E-state index in [4.69, 9.17) is 4.78 Å². The molecule has 0 fully saturated rings. The highest BCUT2D eigenvalue weighted by atomic mass is 32.2. The molecule has 0 aliphatic carbocycles. The normalized spacial score (nSPS) is 14.5. The number of pyridine rings is 1. The van der Waals surface area contributed by atoms with Gasteiger partial charge in [0.1, 0.15) is 4.90 Å². The zero-order valence-electron chi connectivity index (χ0n) is 16.3. The molecule has 1 aromatic carbocycles. The topological polar surface area (TPSA) is 123 Å². The van der Waals surface area contributed by atoms with E-state index in [0.29, 0.717) is 10.7 Å². The van der Waals surface area contributed by atoms with E-state index < -0.39 is 53.3 Å².